The molecule has 158 valence electrons. The lowest BCUT2D eigenvalue weighted by Crippen LogP contribution is -2.25. The summed E-state index contributed by atoms with van der Waals surface area (Å²) in [7, 11) is 0. The predicted molar refractivity (Wildman–Crippen MR) is 117 cm³/mol. The molecule has 0 aliphatic carbocycles. The van der Waals surface area contributed by atoms with Gasteiger partial charge < -0.3 is 5.32 Å². The van der Waals surface area contributed by atoms with Gasteiger partial charge in [0.1, 0.15) is 17.4 Å². The van der Waals surface area contributed by atoms with Crippen LogP contribution in [0.2, 0.25) is 0 Å². The average Bonchev–Trinajstić information content (AvgIpc) is 3.30. The second-order valence-electron chi connectivity index (χ2n) is 7.42. The predicted octanol–water partition coefficient (Wildman–Crippen LogP) is 4.01. The molecule has 0 aliphatic heterocycles. The molecule has 0 fully saturated rings. The average molecular weight is 418 g/mol. The number of fused-ring (bicyclic) bond motifs is 1. The molecule has 9 nitrogen and oxygen atoms in total. The van der Waals surface area contributed by atoms with Crippen molar-refractivity contribution in [2.75, 3.05) is 5.32 Å². The van der Waals surface area contributed by atoms with Crippen molar-refractivity contribution in [3.05, 3.63) is 81.8 Å². The van der Waals surface area contributed by atoms with Gasteiger partial charge in [-0.05, 0) is 37.1 Å². The van der Waals surface area contributed by atoms with Crippen LogP contribution < -0.4 is 5.32 Å². The number of benzene rings is 2. The largest absolute Gasteiger partial charge is 0.312 e. The van der Waals surface area contributed by atoms with Crippen molar-refractivity contribution >= 4 is 28.2 Å². The van der Waals surface area contributed by atoms with Gasteiger partial charge in [0.05, 0.1) is 11.5 Å². The van der Waals surface area contributed by atoms with Crippen LogP contribution in [0.1, 0.15) is 29.9 Å². The van der Waals surface area contributed by atoms with Gasteiger partial charge in [-0.3, -0.25) is 24.3 Å². The third-order valence-corrected chi connectivity index (χ3v) is 5.32. The van der Waals surface area contributed by atoms with Gasteiger partial charge in [-0.1, -0.05) is 42.5 Å². The van der Waals surface area contributed by atoms with Gasteiger partial charge >= 0.3 is 5.69 Å². The van der Waals surface area contributed by atoms with Gasteiger partial charge in [0.15, 0.2) is 5.82 Å². The highest BCUT2D eigenvalue weighted by molar-refractivity contribution is 5.92. The second-order valence-corrected chi connectivity index (χ2v) is 7.42. The van der Waals surface area contributed by atoms with E-state index in [1.807, 2.05) is 18.2 Å². The molecule has 0 radical (unpaired) electrons. The van der Waals surface area contributed by atoms with E-state index in [2.05, 4.69) is 39.8 Å². The molecule has 1 atom stereocenters. The van der Waals surface area contributed by atoms with E-state index in [-0.39, 0.29) is 17.3 Å². The van der Waals surface area contributed by atoms with Crippen LogP contribution in [0.5, 0.6) is 0 Å². The van der Waals surface area contributed by atoms with E-state index in [1.165, 1.54) is 4.68 Å². The monoisotopic (exact) mass is 418 g/mol. The Kier molecular flexibility index (Phi) is 5.24. The van der Waals surface area contributed by atoms with Crippen molar-refractivity contribution in [1.29, 1.82) is 0 Å². The van der Waals surface area contributed by atoms with Gasteiger partial charge in [0.2, 0.25) is 5.91 Å². The van der Waals surface area contributed by atoms with Crippen molar-refractivity contribution in [1.82, 2.24) is 19.6 Å². The summed E-state index contributed by atoms with van der Waals surface area (Å²) in [5.41, 5.74) is 1.68. The van der Waals surface area contributed by atoms with Gasteiger partial charge in [-0.15, -0.1) is 0 Å². The molecule has 1 amide bonds. The molecule has 0 saturated carbocycles. The van der Waals surface area contributed by atoms with Crippen LogP contribution in [0.25, 0.3) is 10.8 Å². The van der Waals surface area contributed by atoms with Crippen LogP contribution in [-0.2, 0) is 11.3 Å². The minimum Gasteiger partial charge on any atom is -0.307 e. The number of hydrogen-bond acceptors (Lipinski definition) is 5. The van der Waals surface area contributed by atoms with Gasteiger partial charge in [-0.25, -0.2) is 0 Å². The molecule has 9 heteroatoms. The summed E-state index contributed by atoms with van der Waals surface area (Å²) in [6.45, 7) is 5.35. The van der Waals surface area contributed by atoms with Gasteiger partial charge in [-0.2, -0.15) is 10.2 Å². The Labute approximate surface area is 178 Å². The first-order chi connectivity index (χ1) is 14.8. The standard InChI is InChI=1S/C22H22N6O3/c1-14-21(28(30)31)15(2)27(24-14)16(3)22(29)23-20-11-12-26(25-20)13-18-9-6-8-17-7-4-5-10-19(17)18/h4-12,16H,13H2,1-3H3,(H,23,25,29). The summed E-state index contributed by atoms with van der Waals surface area (Å²) < 4.78 is 3.13. The highest BCUT2D eigenvalue weighted by atomic mass is 16.6. The SMILES string of the molecule is Cc1nn(C(C)C(=O)Nc2ccn(Cc3cccc4ccccc34)n2)c(C)c1[N+](=O)[O-]. The molecule has 31 heavy (non-hydrogen) atoms. The van der Waals surface area contributed by atoms with Crippen LogP contribution in [0.15, 0.2) is 54.7 Å². The topological polar surface area (TPSA) is 108 Å². The summed E-state index contributed by atoms with van der Waals surface area (Å²) in [6, 6.07) is 15.3. The number of nitro groups is 1. The molecule has 1 N–H and O–H groups in total. The second kappa shape index (κ2) is 8.02. The zero-order valence-corrected chi connectivity index (χ0v) is 17.4. The Morgan fingerprint density at radius 3 is 2.61 bits per heavy atom. The molecular formula is C22H22N6O3. The fourth-order valence-corrected chi connectivity index (χ4v) is 3.76. The fourth-order valence-electron chi connectivity index (χ4n) is 3.76. The van der Waals surface area contributed by atoms with Crippen molar-refractivity contribution in [2.45, 2.75) is 33.4 Å². The molecule has 2 aromatic heterocycles. The lowest BCUT2D eigenvalue weighted by Gasteiger charge is -2.13. The lowest BCUT2D eigenvalue weighted by molar-refractivity contribution is -0.386. The normalized spacial score (nSPS) is 12.1. The molecule has 0 saturated heterocycles. The molecule has 2 heterocycles. The van der Waals surface area contributed by atoms with Crippen LogP contribution in [0, 0.1) is 24.0 Å². The Bertz CT molecular complexity index is 1280. The van der Waals surface area contributed by atoms with E-state index in [0.29, 0.717) is 18.1 Å². The smallest absolute Gasteiger partial charge is 0.307 e. The maximum atomic E-state index is 12.7. The van der Waals surface area contributed by atoms with E-state index in [0.717, 1.165) is 16.3 Å². The van der Waals surface area contributed by atoms with Crippen LogP contribution >= 0.6 is 0 Å². The van der Waals surface area contributed by atoms with Gasteiger partial charge in [0.25, 0.3) is 0 Å². The maximum Gasteiger partial charge on any atom is 0.312 e. The van der Waals surface area contributed by atoms with E-state index >= 15 is 0 Å². The summed E-state index contributed by atoms with van der Waals surface area (Å²) >= 11 is 0. The Morgan fingerprint density at radius 2 is 1.87 bits per heavy atom. The lowest BCUT2D eigenvalue weighted by atomic mass is 10.0. The zero-order chi connectivity index (χ0) is 22.1. The van der Waals surface area contributed by atoms with Crippen molar-refractivity contribution in [3.8, 4) is 0 Å². The first-order valence-corrected chi connectivity index (χ1v) is 9.86. The Hall–Kier alpha value is -4.01. The van der Waals surface area contributed by atoms with Crippen molar-refractivity contribution in [3.63, 3.8) is 0 Å². The fraction of sp³-hybridized carbons (Fsp3) is 0.227. The first kappa shape index (κ1) is 20.3. The minimum absolute atomic E-state index is 0.0704. The number of anilines is 1. The maximum absolute atomic E-state index is 12.7. The molecule has 4 aromatic rings. The molecular weight excluding hydrogens is 396 g/mol. The number of amides is 1. The first-order valence-electron chi connectivity index (χ1n) is 9.86. The Balaban J connectivity index is 1.49. The molecule has 0 spiro atoms. The third kappa shape index (κ3) is 3.89. The number of carbonyl (C=O) groups excluding carboxylic acids is 1. The molecule has 1 unspecified atom stereocenters. The van der Waals surface area contributed by atoms with Gasteiger partial charge in [0, 0.05) is 12.3 Å². The summed E-state index contributed by atoms with van der Waals surface area (Å²) in [6.07, 6.45) is 1.80. The van der Waals surface area contributed by atoms with E-state index in [9.17, 15) is 14.9 Å². The highest BCUT2D eigenvalue weighted by Crippen LogP contribution is 2.25. The number of hydrogen-bond donors (Lipinski definition) is 1. The highest BCUT2D eigenvalue weighted by Gasteiger charge is 2.27. The van der Waals surface area contributed by atoms with Crippen LogP contribution in [0.3, 0.4) is 0 Å². The number of aromatic nitrogens is 4. The Morgan fingerprint density at radius 1 is 1.13 bits per heavy atom. The van der Waals surface area contributed by atoms with E-state index in [1.54, 1.807) is 37.7 Å². The molecule has 0 bridgehead atoms. The number of nitrogens with one attached hydrogen (secondary N) is 1. The molecule has 4 rings (SSSR count). The van der Waals surface area contributed by atoms with E-state index < -0.39 is 11.0 Å². The molecule has 0 aliphatic rings. The summed E-state index contributed by atoms with van der Waals surface area (Å²) in [4.78, 5) is 23.4. The summed E-state index contributed by atoms with van der Waals surface area (Å²) in [5, 5.41) is 24.9. The van der Waals surface area contributed by atoms with Crippen molar-refractivity contribution < 1.29 is 9.72 Å². The van der Waals surface area contributed by atoms with E-state index in [4.69, 9.17) is 0 Å². The third-order valence-electron chi connectivity index (χ3n) is 5.32. The number of carbonyl (C=O) groups is 1. The van der Waals surface area contributed by atoms with Crippen LogP contribution in [0.4, 0.5) is 11.5 Å². The molecule has 2 aromatic carbocycles. The minimum atomic E-state index is -0.726. The number of rotatable bonds is 6. The number of nitrogens with zero attached hydrogens (tertiary/aromatic N) is 5. The van der Waals surface area contributed by atoms with Crippen molar-refractivity contribution in [2.24, 2.45) is 0 Å². The zero-order valence-electron chi connectivity index (χ0n) is 17.4. The quantitative estimate of drug-likeness (QED) is 0.376. The number of aryl methyl sites for hydroxylation is 1. The van der Waals surface area contributed by atoms with Crippen LogP contribution in [-0.4, -0.2) is 30.4 Å². The summed E-state index contributed by atoms with van der Waals surface area (Å²) in [5.74, 6) is 0.0593.